The van der Waals surface area contributed by atoms with Gasteiger partial charge in [-0.15, -0.1) is 0 Å². The summed E-state index contributed by atoms with van der Waals surface area (Å²) in [7, 11) is 0. The number of carbonyl (C=O) groups is 2. The minimum Gasteiger partial charge on any atom is -0.483 e. The van der Waals surface area contributed by atoms with E-state index >= 15 is 0 Å². The van der Waals surface area contributed by atoms with Crippen LogP contribution in [0, 0.1) is 13.8 Å². The van der Waals surface area contributed by atoms with Gasteiger partial charge in [0.2, 0.25) is 5.91 Å². The first kappa shape index (κ1) is 25.0. The predicted molar refractivity (Wildman–Crippen MR) is 126 cm³/mol. The molecule has 0 aromatic heterocycles. The van der Waals surface area contributed by atoms with E-state index in [1.165, 1.54) is 4.90 Å². The van der Waals surface area contributed by atoms with Gasteiger partial charge in [0.25, 0.3) is 5.91 Å². The lowest BCUT2D eigenvalue weighted by molar-refractivity contribution is -0.142. The second-order valence-corrected chi connectivity index (χ2v) is 8.48. The molecule has 1 unspecified atom stereocenters. The number of hydrogen-bond donors (Lipinski definition) is 1. The van der Waals surface area contributed by atoms with Crippen molar-refractivity contribution in [2.45, 2.75) is 53.1 Å². The lowest BCUT2D eigenvalue weighted by Crippen LogP contribution is -2.49. The molecule has 1 atom stereocenters. The summed E-state index contributed by atoms with van der Waals surface area (Å²) in [6.07, 6.45) is 1.85. The summed E-state index contributed by atoms with van der Waals surface area (Å²) in [4.78, 5) is 27.3. The fraction of sp³-hybridized carbons (Fsp3) is 0.417. The Kier molecular flexibility index (Phi) is 9.66. The van der Waals surface area contributed by atoms with Crippen molar-refractivity contribution in [1.29, 1.82) is 0 Å². The largest absolute Gasteiger partial charge is 0.483 e. The molecule has 0 bridgehead atoms. The van der Waals surface area contributed by atoms with Crippen LogP contribution >= 0.6 is 23.2 Å². The van der Waals surface area contributed by atoms with Gasteiger partial charge in [-0.3, -0.25) is 9.59 Å². The van der Waals surface area contributed by atoms with E-state index in [9.17, 15) is 9.59 Å². The number of amides is 2. The van der Waals surface area contributed by atoms with Gasteiger partial charge in [0, 0.05) is 23.1 Å². The van der Waals surface area contributed by atoms with E-state index < -0.39 is 6.04 Å². The van der Waals surface area contributed by atoms with E-state index in [-0.39, 0.29) is 25.0 Å². The Labute approximate surface area is 194 Å². The molecule has 0 heterocycles. The van der Waals surface area contributed by atoms with Crippen molar-refractivity contribution in [3.8, 4) is 5.75 Å². The molecule has 0 aliphatic heterocycles. The zero-order valence-electron chi connectivity index (χ0n) is 18.5. The highest BCUT2D eigenvalue weighted by Crippen LogP contribution is 2.24. The van der Waals surface area contributed by atoms with Crippen molar-refractivity contribution in [2.24, 2.45) is 0 Å². The molecule has 0 saturated carbocycles. The average molecular weight is 465 g/mol. The molecule has 31 heavy (non-hydrogen) atoms. The van der Waals surface area contributed by atoms with Gasteiger partial charge < -0.3 is 15.0 Å². The number of ether oxygens (including phenoxy) is 1. The van der Waals surface area contributed by atoms with Crippen molar-refractivity contribution in [2.75, 3.05) is 13.2 Å². The fourth-order valence-electron chi connectivity index (χ4n) is 3.04. The van der Waals surface area contributed by atoms with E-state index in [0.717, 1.165) is 24.0 Å². The standard InChI is InChI=1S/C24H30Cl2N2O3/c1-5-6-11-27-24(30)18(4)28(14-19-9-10-20(25)13-21(19)26)23(29)15-31-22-12-16(2)7-8-17(22)3/h7-10,12-13,18H,5-6,11,14-15H2,1-4H3,(H,27,30). The third kappa shape index (κ3) is 7.44. The van der Waals surface area contributed by atoms with E-state index in [1.54, 1.807) is 25.1 Å². The van der Waals surface area contributed by atoms with Crippen molar-refractivity contribution < 1.29 is 14.3 Å². The Morgan fingerprint density at radius 2 is 1.87 bits per heavy atom. The van der Waals surface area contributed by atoms with E-state index in [0.29, 0.717) is 27.9 Å². The number of carbonyl (C=O) groups excluding carboxylic acids is 2. The average Bonchev–Trinajstić information content (AvgIpc) is 2.73. The monoisotopic (exact) mass is 464 g/mol. The molecule has 5 nitrogen and oxygen atoms in total. The Balaban J connectivity index is 2.19. The van der Waals surface area contributed by atoms with Crippen LogP contribution < -0.4 is 10.1 Å². The number of hydrogen-bond acceptors (Lipinski definition) is 3. The quantitative estimate of drug-likeness (QED) is 0.483. The summed E-state index contributed by atoms with van der Waals surface area (Å²) >= 11 is 12.3. The first-order valence-corrected chi connectivity index (χ1v) is 11.2. The summed E-state index contributed by atoms with van der Waals surface area (Å²) in [5, 5.41) is 3.84. The predicted octanol–water partition coefficient (Wildman–Crippen LogP) is 5.32. The summed E-state index contributed by atoms with van der Waals surface area (Å²) < 4.78 is 5.80. The summed E-state index contributed by atoms with van der Waals surface area (Å²) in [5.74, 6) is 0.140. The molecule has 0 saturated heterocycles. The second-order valence-electron chi connectivity index (χ2n) is 7.64. The number of benzene rings is 2. The Morgan fingerprint density at radius 1 is 1.13 bits per heavy atom. The van der Waals surface area contributed by atoms with Crippen molar-refractivity contribution >= 4 is 35.0 Å². The molecule has 2 aromatic rings. The number of aryl methyl sites for hydroxylation is 2. The highest BCUT2D eigenvalue weighted by molar-refractivity contribution is 6.35. The van der Waals surface area contributed by atoms with Gasteiger partial charge in [0.15, 0.2) is 6.61 Å². The number of halogens is 2. The zero-order chi connectivity index (χ0) is 23.0. The minimum atomic E-state index is -0.682. The van der Waals surface area contributed by atoms with Crippen molar-refractivity contribution in [3.05, 3.63) is 63.1 Å². The van der Waals surface area contributed by atoms with Gasteiger partial charge in [-0.2, -0.15) is 0 Å². The minimum absolute atomic E-state index is 0.174. The van der Waals surface area contributed by atoms with Crippen LogP contribution in [0.25, 0.3) is 0 Å². The van der Waals surface area contributed by atoms with E-state index in [2.05, 4.69) is 12.2 Å². The van der Waals surface area contributed by atoms with Crippen LogP contribution in [-0.2, 0) is 16.1 Å². The van der Waals surface area contributed by atoms with Crippen LogP contribution in [-0.4, -0.2) is 35.9 Å². The zero-order valence-corrected chi connectivity index (χ0v) is 20.0. The third-order valence-electron chi connectivity index (χ3n) is 5.05. The molecule has 168 valence electrons. The number of nitrogens with one attached hydrogen (secondary N) is 1. The van der Waals surface area contributed by atoms with E-state index in [1.807, 2.05) is 32.0 Å². The van der Waals surface area contributed by atoms with Crippen LogP contribution in [0.3, 0.4) is 0 Å². The van der Waals surface area contributed by atoms with Crippen LogP contribution in [0.4, 0.5) is 0 Å². The Hall–Kier alpha value is -2.24. The molecule has 2 rings (SSSR count). The molecule has 2 amide bonds. The Bertz CT molecular complexity index is 918. The molecule has 0 radical (unpaired) electrons. The fourth-order valence-corrected chi connectivity index (χ4v) is 3.51. The van der Waals surface area contributed by atoms with Gasteiger partial charge in [0.1, 0.15) is 11.8 Å². The maximum atomic E-state index is 13.1. The maximum absolute atomic E-state index is 13.1. The van der Waals surface area contributed by atoms with Crippen molar-refractivity contribution in [1.82, 2.24) is 10.2 Å². The third-order valence-corrected chi connectivity index (χ3v) is 5.63. The molecule has 0 fully saturated rings. The molecule has 7 heteroatoms. The van der Waals surface area contributed by atoms with Crippen LogP contribution in [0.2, 0.25) is 10.0 Å². The number of unbranched alkanes of at least 4 members (excludes halogenated alkanes) is 1. The van der Waals surface area contributed by atoms with Crippen LogP contribution in [0.5, 0.6) is 5.75 Å². The van der Waals surface area contributed by atoms with Crippen LogP contribution in [0.15, 0.2) is 36.4 Å². The topological polar surface area (TPSA) is 58.6 Å². The van der Waals surface area contributed by atoms with Gasteiger partial charge in [-0.1, -0.05) is 54.7 Å². The van der Waals surface area contributed by atoms with Gasteiger partial charge in [-0.25, -0.2) is 0 Å². The molecule has 0 aliphatic rings. The van der Waals surface area contributed by atoms with Gasteiger partial charge >= 0.3 is 0 Å². The molecular formula is C24H30Cl2N2O3. The number of rotatable bonds is 10. The molecular weight excluding hydrogens is 435 g/mol. The Morgan fingerprint density at radius 3 is 2.55 bits per heavy atom. The van der Waals surface area contributed by atoms with Gasteiger partial charge in [0.05, 0.1) is 0 Å². The molecule has 0 aliphatic carbocycles. The normalized spacial score (nSPS) is 11.7. The molecule has 0 spiro atoms. The van der Waals surface area contributed by atoms with E-state index in [4.69, 9.17) is 27.9 Å². The first-order valence-electron chi connectivity index (χ1n) is 10.4. The smallest absolute Gasteiger partial charge is 0.261 e. The lowest BCUT2D eigenvalue weighted by atomic mass is 10.1. The van der Waals surface area contributed by atoms with Crippen molar-refractivity contribution in [3.63, 3.8) is 0 Å². The number of nitrogens with zero attached hydrogens (tertiary/aromatic N) is 1. The lowest BCUT2D eigenvalue weighted by Gasteiger charge is -2.29. The first-order chi connectivity index (χ1) is 14.7. The highest BCUT2D eigenvalue weighted by Gasteiger charge is 2.27. The highest BCUT2D eigenvalue weighted by atomic mass is 35.5. The summed E-state index contributed by atoms with van der Waals surface area (Å²) in [5.41, 5.74) is 2.69. The summed E-state index contributed by atoms with van der Waals surface area (Å²) in [6, 6.07) is 10.2. The van der Waals surface area contributed by atoms with Crippen LogP contribution in [0.1, 0.15) is 43.4 Å². The molecule has 2 aromatic carbocycles. The second kappa shape index (κ2) is 12.0. The van der Waals surface area contributed by atoms with Gasteiger partial charge in [-0.05, 0) is 62.1 Å². The molecule has 1 N–H and O–H groups in total. The SMILES string of the molecule is CCCCNC(=O)C(C)N(Cc1ccc(Cl)cc1Cl)C(=O)COc1cc(C)ccc1C. The summed E-state index contributed by atoms with van der Waals surface area (Å²) in [6.45, 7) is 8.22. The maximum Gasteiger partial charge on any atom is 0.261 e.